The molecule has 1 aromatic carbocycles. The van der Waals surface area contributed by atoms with Crippen molar-refractivity contribution in [2.24, 2.45) is 5.92 Å². The number of nitrogens with one attached hydrogen (secondary N) is 1. The predicted octanol–water partition coefficient (Wildman–Crippen LogP) is 2.39. The average Bonchev–Trinajstić information content (AvgIpc) is 2.89. The lowest BCUT2D eigenvalue weighted by atomic mass is 10.0. The molecule has 3 rings (SSSR count). The van der Waals surface area contributed by atoms with E-state index in [1.165, 1.54) is 6.42 Å². The van der Waals surface area contributed by atoms with Crippen LogP contribution in [-0.2, 0) is 0 Å². The van der Waals surface area contributed by atoms with Crippen molar-refractivity contribution >= 4 is 22.3 Å². The maximum absolute atomic E-state index is 9.40. The van der Waals surface area contributed by atoms with E-state index in [4.69, 9.17) is 5.73 Å². The molecule has 0 radical (unpaired) electrons. The Labute approximate surface area is 112 Å². The number of rotatable bonds is 3. The number of pyridine rings is 1. The smallest absolute Gasteiger partial charge is 0.0953 e. The maximum Gasteiger partial charge on any atom is 0.0953 e. The molecule has 0 amide bonds. The zero-order chi connectivity index (χ0) is 13.2. The summed E-state index contributed by atoms with van der Waals surface area (Å²) in [4.78, 5) is 4.43. The van der Waals surface area contributed by atoms with Crippen molar-refractivity contribution in [1.29, 1.82) is 0 Å². The monoisotopic (exact) mass is 257 g/mol. The normalized spacial score (nSPS) is 22.8. The van der Waals surface area contributed by atoms with Crippen molar-refractivity contribution in [1.82, 2.24) is 4.98 Å². The second kappa shape index (κ2) is 5.05. The lowest BCUT2D eigenvalue weighted by Gasteiger charge is -2.21. The van der Waals surface area contributed by atoms with Gasteiger partial charge in [0.1, 0.15) is 0 Å². The van der Waals surface area contributed by atoms with Gasteiger partial charge in [-0.2, -0.15) is 0 Å². The van der Waals surface area contributed by atoms with Crippen molar-refractivity contribution in [2.75, 3.05) is 17.7 Å². The van der Waals surface area contributed by atoms with E-state index in [0.717, 1.165) is 35.1 Å². The number of nitrogens with zero attached hydrogens (tertiary/aromatic N) is 1. The van der Waals surface area contributed by atoms with Gasteiger partial charge >= 0.3 is 0 Å². The Morgan fingerprint density at radius 1 is 1.32 bits per heavy atom. The minimum absolute atomic E-state index is 0.248. The summed E-state index contributed by atoms with van der Waals surface area (Å²) >= 11 is 0. The molecule has 1 aliphatic rings. The molecule has 4 N–H and O–H groups in total. The highest BCUT2D eigenvalue weighted by atomic mass is 16.3. The number of anilines is 2. The fourth-order valence-corrected chi connectivity index (χ4v) is 2.96. The highest BCUT2D eigenvalue weighted by molar-refractivity contribution is 5.98. The minimum Gasteiger partial charge on any atom is -0.398 e. The van der Waals surface area contributed by atoms with Crippen LogP contribution in [0.1, 0.15) is 19.3 Å². The highest BCUT2D eigenvalue weighted by Crippen LogP contribution is 2.32. The van der Waals surface area contributed by atoms with Gasteiger partial charge in [0.15, 0.2) is 0 Å². The van der Waals surface area contributed by atoms with E-state index in [1.807, 2.05) is 24.3 Å². The van der Waals surface area contributed by atoms with Crippen LogP contribution in [0.25, 0.3) is 10.9 Å². The molecule has 1 heterocycles. The predicted molar refractivity (Wildman–Crippen MR) is 78.0 cm³/mol. The zero-order valence-corrected chi connectivity index (χ0v) is 10.8. The first-order chi connectivity index (χ1) is 9.29. The number of fused-ring (bicyclic) bond motifs is 1. The SMILES string of the molecule is Nc1ccc(NC2CCCC2CO)c2ncccc12. The third-order valence-corrected chi connectivity index (χ3v) is 4.04. The summed E-state index contributed by atoms with van der Waals surface area (Å²) in [7, 11) is 0. The molecule has 19 heavy (non-hydrogen) atoms. The topological polar surface area (TPSA) is 71.2 Å². The van der Waals surface area contributed by atoms with E-state index >= 15 is 0 Å². The molecule has 0 aliphatic heterocycles. The van der Waals surface area contributed by atoms with Gasteiger partial charge in [-0.05, 0) is 37.1 Å². The first kappa shape index (κ1) is 12.2. The van der Waals surface area contributed by atoms with E-state index in [0.29, 0.717) is 12.0 Å². The molecular weight excluding hydrogens is 238 g/mol. The Morgan fingerprint density at radius 2 is 2.21 bits per heavy atom. The van der Waals surface area contributed by atoms with Gasteiger partial charge in [-0.25, -0.2) is 0 Å². The number of benzene rings is 1. The van der Waals surface area contributed by atoms with Crippen LogP contribution in [0.5, 0.6) is 0 Å². The van der Waals surface area contributed by atoms with Crippen LogP contribution >= 0.6 is 0 Å². The third-order valence-electron chi connectivity index (χ3n) is 4.04. The number of nitrogen functional groups attached to an aromatic ring is 1. The third kappa shape index (κ3) is 2.24. The van der Waals surface area contributed by atoms with Crippen molar-refractivity contribution < 1.29 is 5.11 Å². The van der Waals surface area contributed by atoms with Gasteiger partial charge in [0, 0.05) is 35.8 Å². The van der Waals surface area contributed by atoms with Crippen LogP contribution < -0.4 is 11.1 Å². The molecule has 4 heteroatoms. The van der Waals surface area contributed by atoms with Crippen LogP contribution in [-0.4, -0.2) is 22.7 Å². The zero-order valence-electron chi connectivity index (χ0n) is 10.8. The van der Waals surface area contributed by atoms with Gasteiger partial charge < -0.3 is 16.2 Å². The van der Waals surface area contributed by atoms with Crippen molar-refractivity contribution in [3.63, 3.8) is 0 Å². The quantitative estimate of drug-likeness (QED) is 0.738. The van der Waals surface area contributed by atoms with Gasteiger partial charge in [-0.3, -0.25) is 4.98 Å². The highest BCUT2D eigenvalue weighted by Gasteiger charge is 2.26. The molecule has 1 aliphatic carbocycles. The van der Waals surface area contributed by atoms with Crippen LogP contribution in [0.15, 0.2) is 30.5 Å². The van der Waals surface area contributed by atoms with Crippen molar-refractivity contribution in [3.8, 4) is 0 Å². The fraction of sp³-hybridized carbons (Fsp3) is 0.400. The number of nitrogens with two attached hydrogens (primary N) is 1. The Balaban J connectivity index is 1.95. The molecule has 2 atom stereocenters. The first-order valence-electron chi connectivity index (χ1n) is 6.80. The van der Waals surface area contributed by atoms with Crippen molar-refractivity contribution in [3.05, 3.63) is 30.5 Å². The molecule has 0 spiro atoms. The van der Waals surface area contributed by atoms with Crippen LogP contribution in [0.4, 0.5) is 11.4 Å². The van der Waals surface area contributed by atoms with E-state index in [-0.39, 0.29) is 6.61 Å². The Morgan fingerprint density at radius 3 is 3.05 bits per heavy atom. The van der Waals surface area contributed by atoms with Gasteiger partial charge in [0.2, 0.25) is 0 Å². The summed E-state index contributed by atoms with van der Waals surface area (Å²) in [5, 5.41) is 13.9. The first-order valence-corrected chi connectivity index (χ1v) is 6.80. The Kier molecular flexibility index (Phi) is 3.25. The molecule has 2 unspecified atom stereocenters. The number of aliphatic hydroxyl groups excluding tert-OH is 1. The summed E-state index contributed by atoms with van der Waals surface area (Å²) in [6, 6.07) is 8.11. The molecule has 4 nitrogen and oxygen atoms in total. The summed E-state index contributed by atoms with van der Waals surface area (Å²) in [6.07, 6.45) is 5.15. The molecule has 0 saturated heterocycles. The van der Waals surface area contributed by atoms with Crippen LogP contribution in [0, 0.1) is 5.92 Å². The largest absolute Gasteiger partial charge is 0.398 e. The maximum atomic E-state index is 9.40. The van der Waals surface area contributed by atoms with Crippen LogP contribution in [0.2, 0.25) is 0 Å². The second-order valence-electron chi connectivity index (χ2n) is 5.23. The molecular formula is C15H19N3O. The Hall–Kier alpha value is -1.81. The molecule has 2 aromatic rings. The molecule has 1 fully saturated rings. The number of aromatic nitrogens is 1. The van der Waals surface area contributed by atoms with Gasteiger partial charge in [0.25, 0.3) is 0 Å². The van der Waals surface area contributed by atoms with Crippen molar-refractivity contribution in [2.45, 2.75) is 25.3 Å². The summed E-state index contributed by atoms with van der Waals surface area (Å²) in [6.45, 7) is 0.248. The van der Waals surface area contributed by atoms with Crippen LogP contribution in [0.3, 0.4) is 0 Å². The van der Waals surface area contributed by atoms with E-state index in [1.54, 1.807) is 6.20 Å². The van der Waals surface area contributed by atoms with Gasteiger partial charge in [-0.15, -0.1) is 0 Å². The number of aliphatic hydroxyl groups is 1. The molecule has 1 aromatic heterocycles. The van der Waals surface area contributed by atoms with Gasteiger partial charge in [0.05, 0.1) is 11.2 Å². The van der Waals surface area contributed by atoms with Gasteiger partial charge in [-0.1, -0.05) is 6.42 Å². The fourth-order valence-electron chi connectivity index (χ4n) is 2.96. The summed E-state index contributed by atoms with van der Waals surface area (Å²) in [5.74, 6) is 0.344. The summed E-state index contributed by atoms with van der Waals surface area (Å²) in [5.41, 5.74) is 8.65. The van der Waals surface area contributed by atoms with E-state index < -0.39 is 0 Å². The number of hydrogen-bond donors (Lipinski definition) is 3. The molecule has 1 saturated carbocycles. The molecule has 0 bridgehead atoms. The lowest BCUT2D eigenvalue weighted by molar-refractivity contribution is 0.222. The standard InChI is InChI=1S/C15H19N3O/c16-12-6-7-14(15-11(12)4-2-8-17-15)18-13-5-1-3-10(13)9-19/h2,4,6-8,10,13,18-19H,1,3,5,9,16H2. The Bertz CT molecular complexity index is 585. The summed E-state index contributed by atoms with van der Waals surface area (Å²) < 4.78 is 0. The van der Waals surface area contributed by atoms with E-state index in [9.17, 15) is 5.11 Å². The minimum atomic E-state index is 0.248. The molecule has 100 valence electrons. The lowest BCUT2D eigenvalue weighted by Crippen LogP contribution is -2.26. The number of hydrogen-bond acceptors (Lipinski definition) is 4. The second-order valence-corrected chi connectivity index (χ2v) is 5.23. The average molecular weight is 257 g/mol. The van der Waals surface area contributed by atoms with E-state index in [2.05, 4.69) is 10.3 Å².